The van der Waals surface area contributed by atoms with Gasteiger partial charge >= 0.3 is 0 Å². The van der Waals surface area contributed by atoms with Crippen LogP contribution >= 0.6 is 15.9 Å². The molecule has 0 bridgehead atoms. The minimum Gasteiger partial charge on any atom is -0.381 e. The number of hydrogen-bond acceptors (Lipinski definition) is 3. The van der Waals surface area contributed by atoms with E-state index in [9.17, 15) is 0 Å². The van der Waals surface area contributed by atoms with Gasteiger partial charge in [-0.1, -0.05) is 0 Å². The van der Waals surface area contributed by atoms with Crippen molar-refractivity contribution in [3.63, 3.8) is 0 Å². The average Bonchev–Trinajstić information content (AvgIpc) is 3.30. The summed E-state index contributed by atoms with van der Waals surface area (Å²) in [5, 5.41) is 3.48. The van der Waals surface area contributed by atoms with E-state index >= 15 is 0 Å². The van der Waals surface area contributed by atoms with Gasteiger partial charge in [-0.25, -0.2) is 0 Å². The highest BCUT2D eigenvalue weighted by Gasteiger charge is 2.39. The molecule has 2 aliphatic rings. The highest BCUT2D eigenvalue weighted by Crippen LogP contribution is 2.31. The molecular formula is C20H34BrN5O. The summed E-state index contributed by atoms with van der Waals surface area (Å²) in [4.78, 5) is 10.0. The first kappa shape index (κ1) is 20.7. The zero-order chi connectivity index (χ0) is 19.3. The lowest BCUT2D eigenvalue weighted by Gasteiger charge is -2.43. The van der Waals surface area contributed by atoms with Gasteiger partial charge in [0.15, 0.2) is 5.96 Å². The molecule has 2 fully saturated rings. The highest BCUT2D eigenvalue weighted by atomic mass is 79.9. The number of aryl methyl sites for hydroxylation is 1. The van der Waals surface area contributed by atoms with Crippen molar-refractivity contribution in [2.24, 2.45) is 12.0 Å². The maximum absolute atomic E-state index is 5.67. The first-order valence-corrected chi connectivity index (χ1v) is 11.0. The second-order valence-electron chi connectivity index (χ2n) is 7.82. The van der Waals surface area contributed by atoms with Gasteiger partial charge in [0, 0.05) is 55.8 Å². The van der Waals surface area contributed by atoms with E-state index in [1.54, 1.807) is 0 Å². The van der Waals surface area contributed by atoms with Crippen LogP contribution in [-0.2, 0) is 18.3 Å². The standard InChI is InChI=1S/C20H34BrN5O/c1-4-22-19(25(3)15-18-13-17(21)14-24(18)2)23-16-20(7-11-27-12-8-20)26-9-5-6-10-26/h13-14H,4-12,15-16H2,1-3H3,(H,22,23). The molecule has 2 saturated heterocycles. The van der Waals surface area contributed by atoms with E-state index in [1.165, 1.54) is 31.6 Å². The lowest BCUT2D eigenvalue weighted by molar-refractivity contribution is -0.0139. The van der Waals surface area contributed by atoms with Gasteiger partial charge in [0.2, 0.25) is 0 Å². The predicted molar refractivity (Wildman–Crippen MR) is 114 cm³/mol. The molecule has 1 N–H and O–H groups in total. The van der Waals surface area contributed by atoms with Crippen molar-refractivity contribution in [3.05, 3.63) is 22.4 Å². The number of aliphatic imine (C=N–C) groups is 1. The van der Waals surface area contributed by atoms with Crippen LogP contribution in [0.2, 0.25) is 0 Å². The molecule has 0 aromatic carbocycles. The zero-order valence-corrected chi connectivity index (χ0v) is 18.6. The van der Waals surface area contributed by atoms with Crippen LogP contribution in [0.4, 0.5) is 0 Å². The van der Waals surface area contributed by atoms with Crippen LogP contribution in [-0.4, -0.2) is 72.3 Å². The van der Waals surface area contributed by atoms with Crippen LogP contribution in [0, 0.1) is 0 Å². The van der Waals surface area contributed by atoms with Crippen molar-refractivity contribution in [2.75, 3.05) is 46.4 Å². The van der Waals surface area contributed by atoms with Gasteiger partial charge in [0.25, 0.3) is 0 Å². The van der Waals surface area contributed by atoms with E-state index in [-0.39, 0.29) is 5.54 Å². The third kappa shape index (κ3) is 5.06. The maximum Gasteiger partial charge on any atom is 0.194 e. The van der Waals surface area contributed by atoms with E-state index in [1.807, 2.05) is 0 Å². The molecule has 1 aromatic rings. The topological polar surface area (TPSA) is 45.0 Å². The Hall–Kier alpha value is -1.05. The van der Waals surface area contributed by atoms with Crippen LogP contribution in [0.1, 0.15) is 38.3 Å². The van der Waals surface area contributed by atoms with Crippen molar-refractivity contribution in [1.29, 1.82) is 0 Å². The Bertz CT molecular complexity index is 632. The van der Waals surface area contributed by atoms with Crippen LogP contribution in [0.25, 0.3) is 0 Å². The van der Waals surface area contributed by atoms with Gasteiger partial charge in [-0.05, 0) is 67.7 Å². The maximum atomic E-state index is 5.67. The third-order valence-corrected chi connectivity index (χ3v) is 6.33. The Kier molecular flexibility index (Phi) is 7.22. The molecular weight excluding hydrogens is 406 g/mol. The second-order valence-corrected chi connectivity index (χ2v) is 8.73. The summed E-state index contributed by atoms with van der Waals surface area (Å²) in [5.41, 5.74) is 1.43. The van der Waals surface area contributed by atoms with Crippen molar-refractivity contribution < 1.29 is 4.74 Å². The van der Waals surface area contributed by atoms with Crippen LogP contribution in [0.15, 0.2) is 21.7 Å². The van der Waals surface area contributed by atoms with Crippen molar-refractivity contribution in [3.8, 4) is 0 Å². The molecule has 3 heterocycles. The molecule has 7 heteroatoms. The SMILES string of the molecule is CCNC(=NCC1(N2CCCC2)CCOCC1)N(C)Cc1cc(Br)cn1C. The number of rotatable bonds is 6. The first-order valence-electron chi connectivity index (χ1n) is 10.2. The summed E-state index contributed by atoms with van der Waals surface area (Å²) < 4.78 is 8.95. The van der Waals surface area contributed by atoms with Gasteiger partial charge in [-0.2, -0.15) is 0 Å². The first-order chi connectivity index (χ1) is 13.0. The molecule has 152 valence electrons. The molecule has 1 aromatic heterocycles. The zero-order valence-electron chi connectivity index (χ0n) is 17.0. The molecule has 0 atom stereocenters. The molecule has 6 nitrogen and oxygen atoms in total. The van der Waals surface area contributed by atoms with Crippen molar-refractivity contribution >= 4 is 21.9 Å². The second kappa shape index (κ2) is 9.43. The molecule has 0 saturated carbocycles. The molecule has 0 amide bonds. The number of likely N-dealkylation sites (tertiary alicyclic amines) is 1. The largest absolute Gasteiger partial charge is 0.381 e. The molecule has 0 unspecified atom stereocenters. The molecule has 3 rings (SSSR count). The lowest BCUT2D eigenvalue weighted by Crippen LogP contribution is -2.54. The smallest absolute Gasteiger partial charge is 0.194 e. The number of halogens is 1. The van der Waals surface area contributed by atoms with Gasteiger partial charge in [0.1, 0.15) is 0 Å². The fourth-order valence-corrected chi connectivity index (χ4v) is 4.82. The van der Waals surface area contributed by atoms with Crippen LogP contribution in [0.3, 0.4) is 0 Å². The lowest BCUT2D eigenvalue weighted by atomic mass is 9.88. The van der Waals surface area contributed by atoms with Crippen LogP contribution < -0.4 is 5.32 Å². The fourth-order valence-electron chi connectivity index (χ4n) is 4.25. The van der Waals surface area contributed by atoms with E-state index in [2.05, 4.69) is 68.9 Å². The quantitative estimate of drug-likeness (QED) is 0.546. The highest BCUT2D eigenvalue weighted by molar-refractivity contribution is 9.10. The van der Waals surface area contributed by atoms with Crippen molar-refractivity contribution in [2.45, 2.75) is 44.7 Å². The Morgan fingerprint density at radius 2 is 2.04 bits per heavy atom. The van der Waals surface area contributed by atoms with Crippen molar-refractivity contribution in [1.82, 2.24) is 19.7 Å². The number of aromatic nitrogens is 1. The Morgan fingerprint density at radius 1 is 1.33 bits per heavy atom. The third-order valence-electron chi connectivity index (χ3n) is 5.89. The van der Waals surface area contributed by atoms with Gasteiger partial charge in [0.05, 0.1) is 13.1 Å². The Balaban J connectivity index is 1.73. The van der Waals surface area contributed by atoms with Gasteiger partial charge in [-0.3, -0.25) is 9.89 Å². The van der Waals surface area contributed by atoms with E-state index in [0.29, 0.717) is 0 Å². The minimum atomic E-state index is 0.171. The molecule has 0 spiro atoms. The molecule has 27 heavy (non-hydrogen) atoms. The number of guanidine groups is 1. The fraction of sp³-hybridized carbons (Fsp3) is 0.750. The number of hydrogen-bond donors (Lipinski definition) is 1. The Labute approximate surface area is 172 Å². The van der Waals surface area contributed by atoms with Crippen LogP contribution in [0.5, 0.6) is 0 Å². The van der Waals surface area contributed by atoms with E-state index in [4.69, 9.17) is 9.73 Å². The summed E-state index contributed by atoms with van der Waals surface area (Å²) in [5.74, 6) is 0.986. The molecule has 0 aliphatic carbocycles. The number of nitrogens with one attached hydrogen (secondary N) is 1. The predicted octanol–water partition coefficient (Wildman–Crippen LogP) is 2.83. The monoisotopic (exact) mass is 439 g/mol. The molecule has 0 radical (unpaired) electrons. The average molecular weight is 440 g/mol. The summed E-state index contributed by atoms with van der Waals surface area (Å²) >= 11 is 3.57. The summed E-state index contributed by atoms with van der Waals surface area (Å²) in [6.45, 7) is 8.81. The summed E-state index contributed by atoms with van der Waals surface area (Å²) in [7, 11) is 4.21. The minimum absolute atomic E-state index is 0.171. The van der Waals surface area contributed by atoms with E-state index in [0.717, 1.165) is 56.1 Å². The normalized spacial score (nSPS) is 20.8. The number of ether oxygens (including phenoxy) is 1. The van der Waals surface area contributed by atoms with Gasteiger partial charge < -0.3 is 19.5 Å². The summed E-state index contributed by atoms with van der Waals surface area (Å²) in [6.07, 6.45) is 6.90. The molecule has 2 aliphatic heterocycles. The number of nitrogens with zero attached hydrogens (tertiary/aromatic N) is 4. The van der Waals surface area contributed by atoms with Gasteiger partial charge in [-0.15, -0.1) is 0 Å². The van der Waals surface area contributed by atoms with E-state index < -0.39 is 0 Å². The Morgan fingerprint density at radius 3 is 2.63 bits per heavy atom. The summed E-state index contributed by atoms with van der Waals surface area (Å²) in [6, 6.07) is 2.17.